The number of anilines is 1. The van der Waals surface area contributed by atoms with Crippen molar-refractivity contribution in [1.29, 1.82) is 0 Å². The lowest BCUT2D eigenvalue weighted by atomic mass is 10.2. The van der Waals surface area contributed by atoms with Gasteiger partial charge in [0.15, 0.2) is 0 Å². The average molecular weight is 341 g/mol. The zero-order valence-corrected chi connectivity index (χ0v) is 15.6. The van der Waals surface area contributed by atoms with Gasteiger partial charge in [0, 0.05) is 12.2 Å². The Morgan fingerprint density at radius 1 is 0.800 bits per heavy atom. The molecule has 2 aromatic rings. The van der Waals surface area contributed by atoms with Gasteiger partial charge in [0.2, 0.25) is 0 Å². The van der Waals surface area contributed by atoms with E-state index >= 15 is 0 Å². The minimum atomic E-state index is 0.640. The molecule has 0 amide bonds. The monoisotopic (exact) mass is 341 g/mol. The van der Waals surface area contributed by atoms with Gasteiger partial charge in [0.25, 0.3) is 0 Å². The van der Waals surface area contributed by atoms with Crippen LogP contribution in [0, 0.1) is 6.92 Å². The quantitative estimate of drug-likeness (QED) is 0.492. The first-order valence-corrected chi connectivity index (χ1v) is 9.44. The lowest BCUT2D eigenvalue weighted by Gasteiger charge is -2.11. The minimum Gasteiger partial charge on any atom is -0.494 e. The van der Waals surface area contributed by atoms with Crippen LogP contribution in [0.1, 0.15) is 44.6 Å². The molecule has 0 fully saturated rings. The van der Waals surface area contributed by atoms with Crippen LogP contribution in [-0.4, -0.2) is 19.8 Å². The second-order valence-electron chi connectivity index (χ2n) is 6.33. The summed E-state index contributed by atoms with van der Waals surface area (Å²) >= 11 is 0. The zero-order chi connectivity index (χ0) is 17.7. The first-order chi connectivity index (χ1) is 12.3. The predicted molar refractivity (Wildman–Crippen MR) is 106 cm³/mol. The number of ether oxygens (including phenoxy) is 2. The number of hydrogen-bond donors (Lipinski definition) is 1. The highest BCUT2D eigenvalue weighted by Crippen LogP contribution is 2.17. The number of benzene rings is 2. The van der Waals surface area contributed by atoms with E-state index in [9.17, 15) is 0 Å². The number of rotatable bonds is 12. The summed E-state index contributed by atoms with van der Waals surface area (Å²) in [6.45, 7) is 6.51. The van der Waals surface area contributed by atoms with E-state index in [1.54, 1.807) is 0 Å². The first kappa shape index (κ1) is 19.2. The van der Waals surface area contributed by atoms with Crippen LogP contribution in [0.15, 0.2) is 48.5 Å². The van der Waals surface area contributed by atoms with Crippen LogP contribution in [0.25, 0.3) is 0 Å². The Balaban J connectivity index is 1.61. The second-order valence-corrected chi connectivity index (χ2v) is 6.33. The van der Waals surface area contributed by atoms with Crippen molar-refractivity contribution in [3.05, 3.63) is 54.1 Å². The van der Waals surface area contributed by atoms with E-state index in [-0.39, 0.29) is 0 Å². The standard InChI is InChI=1S/C22H31NO2/c1-3-4-5-6-9-17-24-21-14-12-20(13-15-21)23-16-18-25-22-11-8-7-10-19(22)2/h7-8,10-15,23H,3-6,9,16-18H2,1-2H3. The van der Waals surface area contributed by atoms with Gasteiger partial charge in [-0.25, -0.2) is 0 Å². The molecule has 0 unspecified atom stereocenters. The molecule has 0 saturated carbocycles. The largest absolute Gasteiger partial charge is 0.494 e. The Morgan fingerprint density at radius 3 is 2.32 bits per heavy atom. The molecule has 3 heteroatoms. The molecule has 0 saturated heterocycles. The molecule has 0 heterocycles. The van der Waals surface area contributed by atoms with Gasteiger partial charge in [-0.05, 0) is 49.2 Å². The van der Waals surface area contributed by atoms with Crippen molar-refractivity contribution in [3.63, 3.8) is 0 Å². The van der Waals surface area contributed by atoms with E-state index in [1.165, 1.54) is 31.2 Å². The highest BCUT2D eigenvalue weighted by Gasteiger charge is 1.99. The summed E-state index contributed by atoms with van der Waals surface area (Å²) in [4.78, 5) is 0. The predicted octanol–water partition coefficient (Wildman–Crippen LogP) is 5.84. The van der Waals surface area contributed by atoms with Crippen LogP contribution in [0.4, 0.5) is 5.69 Å². The van der Waals surface area contributed by atoms with Crippen molar-refractivity contribution in [3.8, 4) is 11.5 Å². The zero-order valence-electron chi connectivity index (χ0n) is 15.6. The van der Waals surface area contributed by atoms with Crippen LogP contribution >= 0.6 is 0 Å². The van der Waals surface area contributed by atoms with Crippen LogP contribution in [-0.2, 0) is 0 Å². The van der Waals surface area contributed by atoms with Gasteiger partial charge >= 0.3 is 0 Å². The molecule has 0 spiro atoms. The van der Waals surface area contributed by atoms with Crippen molar-refractivity contribution < 1.29 is 9.47 Å². The first-order valence-electron chi connectivity index (χ1n) is 9.44. The van der Waals surface area contributed by atoms with E-state index in [4.69, 9.17) is 9.47 Å². The van der Waals surface area contributed by atoms with Gasteiger partial charge in [0.05, 0.1) is 6.61 Å². The smallest absolute Gasteiger partial charge is 0.122 e. The second kappa shape index (κ2) is 11.4. The average Bonchev–Trinajstić information content (AvgIpc) is 2.64. The summed E-state index contributed by atoms with van der Waals surface area (Å²) in [5.41, 5.74) is 2.25. The summed E-state index contributed by atoms with van der Waals surface area (Å²) in [6.07, 6.45) is 6.32. The summed E-state index contributed by atoms with van der Waals surface area (Å²) in [7, 11) is 0. The third-order valence-electron chi connectivity index (χ3n) is 4.15. The highest BCUT2D eigenvalue weighted by molar-refractivity contribution is 5.46. The lowest BCUT2D eigenvalue weighted by molar-refractivity contribution is 0.304. The third-order valence-corrected chi connectivity index (χ3v) is 4.15. The SMILES string of the molecule is CCCCCCCOc1ccc(NCCOc2ccccc2C)cc1. The van der Waals surface area contributed by atoms with Gasteiger partial charge in [-0.2, -0.15) is 0 Å². The molecular formula is C22H31NO2. The van der Waals surface area contributed by atoms with Crippen LogP contribution in [0.5, 0.6) is 11.5 Å². The Kier molecular flexibility index (Phi) is 8.74. The van der Waals surface area contributed by atoms with Crippen molar-refractivity contribution in [2.45, 2.75) is 46.0 Å². The van der Waals surface area contributed by atoms with E-state index in [0.29, 0.717) is 6.61 Å². The Bertz CT molecular complexity index is 595. The number of unbranched alkanes of at least 4 members (excludes halogenated alkanes) is 4. The Labute approximate surface area is 152 Å². The van der Waals surface area contributed by atoms with Gasteiger partial charge in [0.1, 0.15) is 18.1 Å². The molecule has 0 aromatic heterocycles. The van der Waals surface area contributed by atoms with Crippen molar-refractivity contribution in [1.82, 2.24) is 0 Å². The summed E-state index contributed by atoms with van der Waals surface area (Å²) < 4.78 is 11.6. The molecule has 0 aliphatic heterocycles. The molecule has 0 aliphatic carbocycles. The molecule has 0 bridgehead atoms. The fourth-order valence-electron chi connectivity index (χ4n) is 2.64. The van der Waals surface area contributed by atoms with Crippen molar-refractivity contribution in [2.24, 2.45) is 0 Å². The molecule has 136 valence electrons. The fourth-order valence-corrected chi connectivity index (χ4v) is 2.64. The normalized spacial score (nSPS) is 10.5. The summed E-state index contributed by atoms with van der Waals surface area (Å²) in [5.74, 6) is 1.89. The van der Waals surface area contributed by atoms with E-state index < -0.39 is 0 Å². The maximum atomic E-state index is 5.79. The summed E-state index contributed by atoms with van der Waals surface area (Å²) in [6, 6.07) is 16.2. The van der Waals surface area contributed by atoms with E-state index in [1.807, 2.05) is 30.3 Å². The lowest BCUT2D eigenvalue weighted by Crippen LogP contribution is -2.11. The van der Waals surface area contributed by atoms with E-state index in [0.717, 1.165) is 36.8 Å². The molecule has 1 N–H and O–H groups in total. The van der Waals surface area contributed by atoms with Crippen LogP contribution in [0.2, 0.25) is 0 Å². The number of para-hydroxylation sites is 1. The molecule has 2 rings (SSSR count). The number of nitrogens with one attached hydrogen (secondary N) is 1. The fraction of sp³-hybridized carbons (Fsp3) is 0.455. The molecule has 0 atom stereocenters. The van der Waals surface area contributed by atoms with Crippen molar-refractivity contribution in [2.75, 3.05) is 25.1 Å². The molecular weight excluding hydrogens is 310 g/mol. The van der Waals surface area contributed by atoms with Gasteiger partial charge in [-0.15, -0.1) is 0 Å². The molecule has 0 aliphatic rings. The number of hydrogen-bond acceptors (Lipinski definition) is 3. The maximum absolute atomic E-state index is 5.79. The minimum absolute atomic E-state index is 0.640. The van der Waals surface area contributed by atoms with Crippen molar-refractivity contribution >= 4 is 5.69 Å². The number of aryl methyl sites for hydroxylation is 1. The molecule has 0 radical (unpaired) electrons. The molecule has 2 aromatic carbocycles. The highest BCUT2D eigenvalue weighted by atomic mass is 16.5. The van der Waals surface area contributed by atoms with Crippen LogP contribution < -0.4 is 14.8 Å². The summed E-state index contributed by atoms with van der Waals surface area (Å²) in [5, 5.41) is 3.37. The van der Waals surface area contributed by atoms with Crippen LogP contribution in [0.3, 0.4) is 0 Å². The molecule has 3 nitrogen and oxygen atoms in total. The van der Waals surface area contributed by atoms with Gasteiger partial charge in [-0.3, -0.25) is 0 Å². The third kappa shape index (κ3) is 7.51. The van der Waals surface area contributed by atoms with Gasteiger partial charge < -0.3 is 14.8 Å². The van der Waals surface area contributed by atoms with E-state index in [2.05, 4.69) is 37.4 Å². The van der Waals surface area contributed by atoms with Gasteiger partial charge in [-0.1, -0.05) is 50.8 Å². The molecule has 25 heavy (non-hydrogen) atoms. The Morgan fingerprint density at radius 2 is 1.56 bits per heavy atom. The Hall–Kier alpha value is -2.16. The topological polar surface area (TPSA) is 30.5 Å². The maximum Gasteiger partial charge on any atom is 0.122 e.